The highest BCUT2D eigenvalue weighted by Crippen LogP contribution is 2.42. The van der Waals surface area contributed by atoms with Crippen molar-refractivity contribution in [1.82, 2.24) is 0 Å². The highest BCUT2D eigenvalue weighted by atomic mass is 127. The van der Waals surface area contributed by atoms with Gasteiger partial charge >= 0.3 is 5.97 Å². The van der Waals surface area contributed by atoms with E-state index in [-0.39, 0.29) is 17.9 Å². The highest BCUT2D eigenvalue weighted by molar-refractivity contribution is 14.1. The molecule has 0 saturated carbocycles. The first-order valence-electron chi connectivity index (χ1n) is 10.9. The van der Waals surface area contributed by atoms with Gasteiger partial charge < -0.3 is 14.6 Å². The maximum absolute atomic E-state index is 12.6. The van der Waals surface area contributed by atoms with Crippen LogP contribution in [0.2, 0.25) is 0 Å². The summed E-state index contributed by atoms with van der Waals surface area (Å²) < 4.78 is 13.9. The van der Waals surface area contributed by atoms with Crippen molar-refractivity contribution in [2.75, 3.05) is 6.61 Å². The molecule has 0 aromatic heterocycles. The normalized spacial score (nSPS) is 15.6. The third-order valence-corrected chi connectivity index (χ3v) is 7.89. The molecule has 1 aliphatic heterocycles. The van der Waals surface area contributed by atoms with Gasteiger partial charge in [-0.2, -0.15) is 0 Å². The number of halogens is 3. The van der Waals surface area contributed by atoms with Gasteiger partial charge in [0, 0.05) is 3.57 Å². The van der Waals surface area contributed by atoms with Gasteiger partial charge in [0.1, 0.15) is 28.7 Å². The van der Waals surface area contributed by atoms with Gasteiger partial charge in [-0.05, 0) is 115 Å². The minimum atomic E-state index is -0.609. The Morgan fingerprint density at radius 3 is 2.39 bits per heavy atom. The number of thioether (sulfide) groups is 1. The molecule has 5 nitrogen and oxygen atoms in total. The van der Waals surface area contributed by atoms with Gasteiger partial charge in [0.15, 0.2) is 0 Å². The van der Waals surface area contributed by atoms with Crippen LogP contribution in [-0.4, -0.2) is 22.7 Å². The van der Waals surface area contributed by atoms with E-state index in [1.54, 1.807) is 13.0 Å². The van der Waals surface area contributed by atoms with Crippen molar-refractivity contribution in [3.05, 3.63) is 107 Å². The molecule has 0 atom stereocenters. The first kappa shape index (κ1) is 27.0. The van der Waals surface area contributed by atoms with Crippen molar-refractivity contribution in [2.45, 2.75) is 13.5 Å². The Kier molecular flexibility index (Phi) is 9.32. The summed E-state index contributed by atoms with van der Waals surface area (Å²) in [6, 6.07) is 21.2. The van der Waals surface area contributed by atoms with Crippen molar-refractivity contribution >= 4 is 89.0 Å². The van der Waals surface area contributed by atoms with E-state index in [4.69, 9.17) is 9.47 Å². The van der Waals surface area contributed by atoms with Crippen LogP contribution in [0, 0.1) is 3.57 Å². The second-order valence-electron chi connectivity index (χ2n) is 7.54. The van der Waals surface area contributed by atoms with Crippen LogP contribution in [0.15, 0.2) is 96.9 Å². The molecule has 184 valence electrons. The number of hydrogen-bond acceptors (Lipinski definition) is 6. The van der Waals surface area contributed by atoms with Crippen LogP contribution in [0.25, 0.3) is 6.08 Å². The molecule has 36 heavy (non-hydrogen) atoms. The van der Waals surface area contributed by atoms with Gasteiger partial charge in [0.25, 0.3) is 0 Å². The summed E-state index contributed by atoms with van der Waals surface area (Å²) in [4.78, 5) is 17.7. The predicted molar refractivity (Wildman–Crippen MR) is 161 cm³/mol. The van der Waals surface area contributed by atoms with Crippen molar-refractivity contribution in [3.63, 3.8) is 0 Å². The molecule has 0 saturated heterocycles. The molecule has 9 heteroatoms. The fourth-order valence-corrected chi connectivity index (χ4v) is 6.15. The summed E-state index contributed by atoms with van der Waals surface area (Å²) in [5, 5.41) is 11.3. The number of carbonyl (C=O) groups excluding carboxylic acids is 1. The van der Waals surface area contributed by atoms with E-state index < -0.39 is 5.97 Å². The number of carbonyl (C=O) groups is 1. The van der Waals surface area contributed by atoms with E-state index >= 15 is 0 Å². The first-order chi connectivity index (χ1) is 17.4. The van der Waals surface area contributed by atoms with Crippen molar-refractivity contribution in [1.29, 1.82) is 0 Å². The second-order valence-corrected chi connectivity index (χ2v) is 11.5. The molecular formula is C27H20Br2INO4S. The molecule has 3 aromatic carbocycles. The molecule has 1 heterocycles. The molecule has 0 aliphatic carbocycles. The molecule has 0 fully saturated rings. The molecule has 0 amide bonds. The number of benzene rings is 3. The van der Waals surface area contributed by atoms with E-state index in [1.807, 2.05) is 66.7 Å². The third-order valence-electron chi connectivity index (χ3n) is 4.97. The zero-order valence-corrected chi connectivity index (χ0v) is 25.1. The lowest BCUT2D eigenvalue weighted by molar-refractivity contribution is -0.138. The van der Waals surface area contributed by atoms with Crippen LogP contribution < -0.4 is 4.74 Å². The lowest BCUT2D eigenvalue weighted by Gasteiger charge is -2.12. The van der Waals surface area contributed by atoms with Crippen LogP contribution >= 0.6 is 66.2 Å². The van der Waals surface area contributed by atoms with Crippen LogP contribution in [0.5, 0.6) is 5.75 Å². The van der Waals surface area contributed by atoms with E-state index in [1.165, 1.54) is 15.3 Å². The zero-order chi connectivity index (χ0) is 25.7. The number of hydrogen-bond donors (Lipinski definition) is 1. The summed E-state index contributed by atoms with van der Waals surface area (Å²) in [5.41, 5.74) is 2.60. The van der Waals surface area contributed by atoms with Gasteiger partial charge in [0.2, 0.25) is 0 Å². The number of aliphatic hydroxyl groups is 1. The lowest BCUT2D eigenvalue weighted by atomic mass is 10.1. The minimum Gasteiger partial charge on any atom is -0.506 e. The van der Waals surface area contributed by atoms with Gasteiger partial charge in [-0.15, -0.1) is 0 Å². The number of ether oxygens (including phenoxy) is 2. The van der Waals surface area contributed by atoms with E-state index in [0.29, 0.717) is 28.0 Å². The van der Waals surface area contributed by atoms with Crippen LogP contribution in [0.3, 0.4) is 0 Å². The lowest BCUT2D eigenvalue weighted by Crippen LogP contribution is -2.12. The number of aliphatic imine (C=N–C) groups is 1. The number of para-hydroxylation sites is 1. The van der Waals surface area contributed by atoms with Crippen LogP contribution in [0.4, 0.5) is 5.69 Å². The van der Waals surface area contributed by atoms with Crippen molar-refractivity contribution in [2.24, 2.45) is 4.99 Å². The molecule has 1 N–H and O–H groups in total. The smallest absolute Gasteiger partial charge is 0.344 e. The van der Waals surface area contributed by atoms with Crippen molar-refractivity contribution in [3.8, 4) is 5.75 Å². The first-order valence-corrected chi connectivity index (χ1v) is 14.3. The topological polar surface area (TPSA) is 68.1 Å². The zero-order valence-electron chi connectivity index (χ0n) is 19.0. The maximum Gasteiger partial charge on any atom is 0.344 e. The molecule has 0 unspecified atom stereocenters. The van der Waals surface area contributed by atoms with Gasteiger partial charge in [-0.3, -0.25) is 0 Å². The minimum absolute atomic E-state index is 0.0626. The van der Waals surface area contributed by atoms with Gasteiger partial charge in [0.05, 0.1) is 26.1 Å². The SMILES string of the molecule is CCOC(=O)C1=C(O)/C(=C/c2cc(Br)c(OCc3ccc(I)cc3)c(Br)c2)SC1=Nc1ccccc1. The summed E-state index contributed by atoms with van der Waals surface area (Å²) in [6.45, 7) is 2.34. The summed E-state index contributed by atoms with van der Waals surface area (Å²) in [5.74, 6) is -0.0882. The molecule has 0 bridgehead atoms. The average Bonchev–Trinajstić information content (AvgIpc) is 3.14. The molecule has 1 aliphatic rings. The standard InChI is InChI=1S/C27H20Br2INO4S/c1-2-34-27(33)23-24(32)22(36-26(23)31-19-6-4-3-5-7-19)14-17-12-20(28)25(21(29)13-17)35-15-16-8-10-18(30)11-9-16/h3-14,32H,2,15H2,1H3/b22-14-,31-26?. The summed E-state index contributed by atoms with van der Waals surface area (Å²) >= 11 is 10.7. The molecule has 4 rings (SSSR count). The maximum atomic E-state index is 12.6. The molecule has 0 radical (unpaired) electrons. The highest BCUT2D eigenvalue weighted by Gasteiger charge is 2.33. The molecule has 3 aromatic rings. The Hall–Kier alpha value is -2.08. The van der Waals surface area contributed by atoms with E-state index in [9.17, 15) is 9.90 Å². The largest absolute Gasteiger partial charge is 0.506 e. The van der Waals surface area contributed by atoms with Gasteiger partial charge in [-0.1, -0.05) is 42.1 Å². The Labute approximate surface area is 244 Å². The Balaban J connectivity index is 1.62. The quantitative estimate of drug-likeness (QED) is 0.194. The number of nitrogens with zero attached hydrogens (tertiary/aromatic N) is 1. The molecular weight excluding hydrogens is 721 g/mol. The van der Waals surface area contributed by atoms with Gasteiger partial charge in [-0.25, -0.2) is 9.79 Å². The fourth-order valence-electron chi connectivity index (χ4n) is 3.30. The Bertz CT molecular complexity index is 1350. The number of rotatable bonds is 7. The summed E-state index contributed by atoms with van der Waals surface area (Å²) in [6.07, 6.45) is 1.80. The van der Waals surface area contributed by atoms with Crippen molar-refractivity contribution < 1.29 is 19.4 Å². The molecule has 0 spiro atoms. The fraction of sp³-hybridized carbons (Fsp3) is 0.111. The number of aliphatic hydroxyl groups excluding tert-OH is 1. The predicted octanol–water partition coefficient (Wildman–Crippen LogP) is 8.59. The van der Waals surface area contributed by atoms with E-state index in [0.717, 1.165) is 20.1 Å². The summed E-state index contributed by atoms with van der Waals surface area (Å²) in [7, 11) is 0. The monoisotopic (exact) mass is 739 g/mol. The Morgan fingerprint density at radius 1 is 1.08 bits per heavy atom. The second kappa shape index (κ2) is 12.4. The third kappa shape index (κ3) is 6.62. The average molecular weight is 741 g/mol. The Morgan fingerprint density at radius 2 is 1.75 bits per heavy atom. The van der Waals surface area contributed by atoms with Crippen LogP contribution in [-0.2, 0) is 16.1 Å². The van der Waals surface area contributed by atoms with Crippen LogP contribution in [0.1, 0.15) is 18.1 Å². The number of esters is 1. The van der Waals surface area contributed by atoms with E-state index in [2.05, 4.69) is 59.4 Å².